The van der Waals surface area contributed by atoms with Crippen LogP contribution in [0.5, 0.6) is 0 Å². The van der Waals surface area contributed by atoms with Gasteiger partial charge in [-0.3, -0.25) is 0 Å². The number of anilines is 2. The maximum atomic E-state index is 12.4. The second-order valence-corrected chi connectivity index (χ2v) is 11.7. The van der Waals surface area contributed by atoms with Crippen molar-refractivity contribution in [2.45, 2.75) is 77.2 Å². The largest absolute Gasteiger partial charge is 0.444 e. The van der Waals surface area contributed by atoms with Crippen LogP contribution >= 0.6 is 0 Å². The van der Waals surface area contributed by atoms with Gasteiger partial charge in [0.05, 0.1) is 12.8 Å². The van der Waals surface area contributed by atoms with E-state index in [9.17, 15) is 20.3 Å². The molecule has 0 saturated heterocycles. The van der Waals surface area contributed by atoms with Crippen LogP contribution in [0.1, 0.15) is 75.7 Å². The van der Waals surface area contributed by atoms with Crippen molar-refractivity contribution < 1.29 is 19.7 Å². The SMILES string of the molecule is CC(C)(C)OC(=O)NC1[C@@H]2CCC[C@H]1CC(CNc1nc(NCc3ccccc3C(O)CO)ncc1C#N)C2. The second-order valence-electron chi connectivity index (χ2n) is 11.7. The van der Waals surface area contributed by atoms with E-state index in [1.165, 1.54) is 12.6 Å². The number of nitrogens with one attached hydrogen (secondary N) is 3. The zero-order valence-corrected chi connectivity index (χ0v) is 23.0. The standard InChI is InChI=1S/C29H40N6O4/c1-29(2,3)39-28(38)34-25-19-8-6-9-20(25)12-18(11-19)14-31-26-22(13-30)16-33-27(35-26)32-15-21-7-4-5-10-23(21)24(37)17-36/h4-5,7,10,16,18-20,24-25,36-37H,6,8-9,11-12,14-15,17H2,1-3H3,(H,34,38)(H2,31,32,33,35)/t18?,19-,20+,24?,25?. The molecule has 1 aromatic heterocycles. The number of nitriles is 1. The molecule has 0 aliphatic heterocycles. The number of aliphatic hydroxyl groups excluding tert-OH is 2. The lowest BCUT2D eigenvalue weighted by atomic mass is 9.64. The normalized spacial score (nSPS) is 23.3. The number of fused-ring (bicyclic) bond motifs is 2. The number of carbonyl (C=O) groups is 1. The number of alkyl carbamates (subject to hydrolysis) is 1. The fourth-order valence-corrected chi connectivity index (χ4v) is 5.93. The van der Waals surface area contributed by atoms with Gasteiger partial charge in [0.2, 0.25) is 5.95 Å². The number of carbonyl (C=O) groups excluding carboxylic acids is 1. The first kappa shape index (κ1) is 28.6. The number of benzene rings is 1. The maximum absolute atomic E-state index is 12.4. The highest BCUT2D eigenvalue weighted by Crippen LogP contribution is 2.43. The summed E-state index contributed by atoms with van der Waals surface area (Å²) >= 11 is 0. The topological polar surface area (TPSA) is 152 Å². The minimum absolute atomic E-state index is 0.140. The molecule has 39 heavy (non-hydrogen) atoms. The van der Waals surface area contributed by atoms with Gasteiger partial charge in [-0.05, 0) is 75.3 Å². The van der Waals surface area contributed by atoms with Gasteiger partial charge in [-0.15, -0.1) is 0 Å². The minimum atomic E-state index is -0.962. The van der Waals surface area contributed by atoms with Gasteiger partial charge in [0.25, 0.3) is 0 Å². The van der Waals surface area contributed by atoms with Crippen molar-refractivity contribution in [2.75, 3.05) is 23.8 Å². The molecule has 5 atom stereocenters. The molecule has 4 rings (SSSR count). The van der Waals surface area contributed by atoms with Crippen molar-refractivity contribution in [3.8, 4) is 6.07 Å². The van der Waals surface area contributed by atoms with Gasteiger partial charge in [-0.1, -0.05) is 30.7 Å². The lowest BCUT2D eigenvalue weighted by Gasteiger charge is -2.46. The van der Waals surface area contributed by atoms with Crippen LogP contribution in [-0.2, 0) is 11.3 Å². The van der Waals surface area contributed by atoms with E-state index in [1.807, 2.05) is 39.0 Å². The first-order valence-corrected chi connectivity index (χ1v) is 13.8. The number of rotatable bonds is 9. The van der Waals surface area contributed by atoms with Crippen molar-refractivity contribution >= 4 is 17.9 Å². The quantitative estimate of drug-likeness (QED) is 0.319. The fourth-order valence-electron chi connectivity index (χ4n) is 5.93. The van der Waals surface area contributed by atoms with Crippen LogP contribution in [0.2, 0.25) is 0 Å². The van der Waals surface area contributed by atoms with Crippen LogP contribution in [-0.4, -0.2) is 51.1 Å². The molecule has 10 heteroatoms. The lowest BCUT2D eigenvalue weighted by molar-refractivity contribution is 0.0324. The van der Waals surface area contributed by atoms with Gasteiger partial charge in [-0.2, -0.15) is 10.2 Å². The number of hydrogen-bond acceptors (Lipinski definition) is 9. The Hall–Kier alpha value is -3.42. The molecule has 1 aromatic carbocycles. The molecule has 2 aliphatic rings. The molecule has 1 amide bonds. The molecule has 2 bridgehead atoms. The summed E-state index contributed by atoms with van der Waals surface area (Å²) in [6.07, 6.45) is 5.54. The van der Waals surface area contributed by atoms with E-state index >= 15 is 0 Å². The maximum Gasteiger partial charge on any atom is 0.407 e. The summed E-state index contributed by atoms with van der Waals surface area (Å²) < 4.78 is 5.51. The Labute approximate surface area is 230 Å². The third-order valence-corrected chi connectivity index (χ3v) is 7.61. The molecule has 5 N–H and O–H groups in total. The Morgan fingerprint density at radius 2 is 1.92 bits per heavy atom. The summed E-state index contributed by atoms with van der Waals surface area (Å²) in [5.41, 5.74) is 1.32. The average Bonchev–Trinajstić information content (AvgIpc) is 2.89. The van der Waals surface area contributed by atoms with Gasteiger partial charge >= 0.3 is 6.09 Å². The van der Waals surface area contributed by atoms with Gasteiger partial charge in [-0.25, -0.2) is 9.78 Å². The van der Waals surface area contributed by atoms with E-state index in [0.717, 1.165) is 31.2 Å². The summed E-state index contributed by atoms with van der Waals surface area (Å²) in [5.74, 6) is 2.07. The number of aromatic nitrogens is 2. The first-order chi connectivity index (χ1) is 18.7. The Bertz CT molecular complexity index is 1160. The van der Waals surface area contributed by atoms with Crippen LogP contribution in [0.4, 0.5) is 16.6 Å². The van der Waals surface area contributed by atoms with E-state index in [4.69, 9.17) is 4.74 Å². The van der Waals surface area contributed by atoms with Gasteiger partial charge in [0, 0.05) is 19.1 Å². The van der Waals surface area contributed by atoms with E-state index in [2.05, 4.69) is 32.0 Å². The molecule has 0 spiro atoms. The van der Waals surface area contributed by atoms with Crippen molar-refractivity contribution in [3.05, 3.63) is 47.2 Å². The third kappa shape index (κ3) is 7.58. The van der Waals surface area contributed by atoms with Crippen LogP contribution in [0, 0.1) is 29.1 Å². The molecule has 10 nitrogen and oxygen atoms in total. The Morgan fingerprint density at radius 1 is 1.21 bits per heavy atom. The van der Waals surface area contributed by atoms with Gasteiger partial charge < -0.3 is 30.9 Å². The number of hydrogen-bond donors (Lipinski definition) is 5. The van der Waals surface area contributed by atoms with Crippen molar-refractivity contribution in [1.29, 1.82) is 5.26 Å². The smallest absolute Gasteiger partial charge is 0.407 e. The van der Waals surface area contributed by atoms with Crippen LogP contribution in [0.25, 0.3) is 0 Å². The number of amides is 1. The second kappa shape index (κ2) is 12.6. The van der Waals surface area contributed by atoms with Gasteiger partial charge in [0.1, 0.15) is 29.2 Å². The molecule has 2 aromatic rings. The van der Waals surface area contributed by atoms with Crippen molar-refractivity contribution in [2.24, 2.45) is 17.8 Å². The summed E-state index contributed by atoms with van der Waals surface area (Å²) in [4.78, 5) is 21.3. The first-order valence-electron chi connectivity index (χ1n) is 13.8. The number of aliphatic hydroxyl groups is 2. The Balaban J connectivity index is 1.37. The minimum Gasteiger partial charge on any atom is -0.444 e. The molecule has 3 unspecified atom stereocenters. The van der Waals surface area contributed by atoms with E-state index < -0.39 is 11.7 Å². The number of nitrogens with zero attached hydrogens (tertiary/aromatic N) is 3. The summed E-state index contributed by atoms with van der Waals surface area (Å²) in [6, 6.07) is 9.63. The average molecular weight is 537 g/mol. The Morgan fingerprint density at radius 3 is 2.59 bits per heavy atom. The van der Waals surface area contributed by atoms with Gasteiger partial charge in [0.15, 0.2) is 0 Å². The van der Waals surface area contributed by atoms with E-state index in [1.54, 1.807) is 6.07 Å². The predicted molar refractivity (Wildman–Crippen MR) is 148 cm³/mol. The zero-order valence-electron chi connectivity index (χ0n) is 23.0. The van der Waals surface area contributed by atoms with Crippen LogP contribution in [0.15, 0.2) is 30.5 Å². The monoisotopic (exact) mass is 536 g/mol. The van der Waals surface area contributed by atoms with E-state index in [-0.39, 0.29) is 18.7 Å². The molecular formula is C29H40N6O4. The predicted octanol–water partition coefficient (Wildman–Crippen LogP) is 4.12. The third-order valence-electron chi connectivity index (χ3n) is 7.61. The summed E-state index contributed by atoms with van der Waals surface area (Å²) in [5, 5.41) is 38.8. The summed E-state index contributed by atoms with van der Waals surface area (Å²) in [7, 11) is 0. The molecule has 210 valence electrons. The highest BCUT2D eigenvalue weighted by molar-refractivity contribution is 5.68. The number of ether oxygens (including phenoxy) is 1. The fraction of sp³-hybridized carbons (Fsp3) is 0.586. The summed E-state index contributed by atoms with van der Waals surface area (Å²) in [6.45, 7) is 6.30. The molecule has 2 aliphatic carbocycles. The van der Waals surface area contributed by atoms with Crippen LogP contribution in [0.3, 0.4) is 0 Å². The molecule has 0 radical (unpaired) electrons. The molecular weight excluding hydrogens is 496 g/mol. The molecule has 1 heterocycles. The molecule has 2 fully saturated rings. The van der Waals surface area contributed by atoms with E-state index in [0.29, 0.717) is 53.7 Å². The lowest BCUT2D eigenvalue weighted by Crippen LogP contribution is -2.52. The Kier molecular flexibility index (Phi) is 9.25. The van der Waals surface area contributed by atoms with Crippen LogP contribution < -0.4 is 16.0 Å². The van der Waals surface area contributed by atoms with Crippen molar-refractivity contribution in [1.82, 2.24) is 15.3 Å². The molecule has 2 saturated carbocycles. The highest BCUT2D eigenvalue weighted by Gasteiger charge is 2.41. The highest BCUT2D eigenvalue weighted by atomic mass is 16.6. The van der Waals surface area contributed by atoms with Crippen molar-refractivity contribution in [3.63, 3.8) is 0 Å². The zero-order chi connectivity index (χ0) is 28.0.